The van der Waals surface area contributed by atoms with Crippen molar-refractivity contribution in [1.82, 2.24) is 9.53 Å². The van der Waals surface area contributed by atoms with Crippen molar-refractivity contribution in [1.29, 1.82) is 0 Å². The Kier molecular flexibility index (Phi) is 2.44. The average molecular weight is 342 g/mol. The second kappa shape index (κ2) is 3.81. The number of rotatable bonds is 1. The summed E-state index contributed by atoms with van der Waals surface area (Å²) in [6.45, 7) is 2.07. The van der Waals surface area contributed by atoms with Gasteiger partial charge >= 0.3 is 0 Å². The first-order chi connectivity index (χ1) is 7.75. The van der Waals surface area contributed by atoms with E-state index in [0.29, 0.717) is 0 Å². The molecule has 16 heavy (non-hydrogen) atoms. The lowest BCUT2D eigenvalue weighted by atomic mass is 10.1. The van der Waals surface area contributed by atoms with Crippen molar-refractivity contribution in [3.63, 3.8) is 0 Å². The number of aromatic nitrogens is 2. The normalized spacial score (nSPS) is 11.1. The van der Waals surface area contributed by atoms with Crippen LogP contribution in [-0.2, 0) is 0 Å². The lowest BCUT2D eigenvalue weighted by Crippen LogP contribution is -1.77. The molecule has 0 amide bonds. The molecule has 0 saturated carbocycles. The number of halogens is 1. The van der Waals surface area contributed by atoms with Crippen LogP contribution in [0.1, 0.15) is 5.56 Å². The number of hydrogen-bond donors (Lipinski definition) is 0. The van der Waals surface area contributed by atoms with E-state index in [1.54, 1.807) is 0 Å². The topological polar surface area (TPSA) is 38.9 Å². The Labute approximate surface area is 110 Å². The van der Waals surface area contributed by atoms with Gasteiger partial charge < -0.3 is 4.52 Å². The van der Waals surface area contributed by atoms with Crippen LogP contribution in [0.5, 0.6) is 0 Å². The van der Waals surface area contributed by atoms with E-state index in [1.165, 1.54) is 17.1 Å². The van der Waals surface area contributed by atoms with Crippen LogP contribution in [0, 0.1) is 10.6 Å². The van der Waals surface area contributed by atoms with Crippen LogP contribution in [0.25, 0.3) is 21.5 Å². The zero-order valence-corrected chi connectivity index (χ0v) is 11.4. The molecule has 0 fully saturated rings. The molecular formula is C11H7IN2OS. The Balaban J connectivity index is 2.22. The molecule has 3 rings (SSSR count). The van der Waals surface area contributed by atoms with E-state index in [-0.39, 0.29) is 0 Å². The van der Waals surface area contributed by atoms with E-state index in [4.69, 9.17) is 4.52 Å². The standard InChI is InChI=1S/C11H7IN2OS/c1-6-2-4-7(5-3-6)8-10-9(15-13-8)11(12)14-16-10/h2-5H,1H3. The van der Waals surface area contributed by atoms with Gasteiger partial charge in [0.2, 0.25) is 5.58 Å². The molecular weight excluding hydrogens is 335 g/mol. The second-order valence-corrected chi connectivity index (χ2v) is 5.32. The maximum atomic E-state index is 5.29. The van der Waals surface area contributed by atoms with Crippen molar-refractivity contribution >= 4 is 44.4 Å². The molecule has 1 aromatic carbocycles. The number of benzene rings is 1. The summed E-state index contributed by atoms with van der Waals surface area (Å²) in [6.07, 6.45) is 0. The zero-order chi connectivity index (χ0) is 11.1. The fourth-order valence-electron chi connectivity index (χ4n) is 1.52. The Hall–Kier alpha value is -0.950. The fraction of sp³-hybridized carbons (Fsp3) is 0.0909. The lowest BCUT2D eigenvalue weighted by Gasteiger charge is -1.95. The van der Waals surface area contributed by atoms with Gasteiger partial charge in [-0.05, 0) is 41.0 Å². The molecule has 0 spiro atoms. The van der Waals surface area contributed by atoms with Crippen molar-refractivity contribution in [2.45, 2.75) is 6.92 Å². The van der Waals surface area contributed by atoms with Gasteiger partial charge in [-0.15, -0.1) is 0 Å². The van der Waals surface area contributed by atoms with Gasteiger partial charge in [0.25, 0.3) is 0 Å². The first-order valence-corrected chi connectivity index (χ1v) is 6.58. The molecule has 0 aliphatic rings. The smallest absolute Gasteiger partial charge is 0.211 e. The van der Waals surface area contributed by atoms with E-state index in [0.717, 1.165) is 25.2 Å². The molecule has 5 heteroatoms. The van der Waals surface area contributed by atoms with E-state index in [2.05, 4.69) is 63.3 Å². The van der Waals surface area contributed by atoms with Crippen LogP contribution >= 0.6 is 34.1 Å². The minimum Gasteiger partial charge on any atom is -0.352 e. The van der Waals surface area contributed by atoms with Crippen molar-refractivity contribution in [2.75, 3.05) is 0 Å². The van der Waals surface area contributed by atoms with Gasteiger partial charge in [0.1, 0.15) is 10.4 Å². The minimum atomic E-state index is 0.793. The van der Waals surface area contributed by atoms with E-state index < -0.39 is 0 Å². The van der Waals surface area contributed by atoms with Crippen LogP contribution in [0.3, 0.4) is 0 Å². The number of fused-ring (bicyclic) bond motifs is 1. The Morgan fingerprint density at radius 1 is 1.25 bits per heavy atom. The molecule has 3 aromatic rings. The number of nitrogens with zero attached hydrogens (tertiary/aromatic N) is 2. The Morgan fingerprint density at radius 2 is 2.00 bits per heavy atom. The molecule has 0 aliphatic carbocycles. The largest absolute Gasteiger partial charge is 0.352 e. The van der Waals surface area contributed by atoms with Gasteiger partial charge in [-0.3, -0.25) is 0 Å². The van der Waals surface area contributed by atoms with Crippen LogP contribution < -0.4 is 0 Å². The number of hydrogen-bond acceptors (Lipinski definition) is 4. The van der Waals surface area contributed by atoms with E-state index in [1.807, 2.05) is 0 Å². The second-order valence-electron chi connectivity index (χ2n) is 3.53. The SMILES string of the molecule is Cc1ccc(-c2noc3c(I)nsc23)cc1. The maximum Gasteiger partial charge on any atom is 0.211 e. The van der Waals surface area contributed by atoms with Crippen molar-refractivity contribution in [3.8, 4) is 11.3 Å². The molecule has 0 bridgehead atoms. The van der Waals surface area contributed by atoms with Gasteiger partial charge in [-0.2, -0.15) is 4.37 Å². The zero-order valence-electron chi connectivity index (χ0n) is 8.40. The van der Waals surface area contributed by atoms with Crippen molar-refractivity contribution in [2.24, 2.45) is 0 Å². The molecule has 0 unspecified atom stereocenters. The molecule has 0 aliphatic heterocycles. The van der Waals surface area contributed by atoms with Crippen LogP contribution in [0.15, 0.2) is 28.8 Å². The average Bonchev–Trinajstić information content (AvgIpc) is 2.84. The highest BCUT2D eigenvalue weighted by molar-refractivity contribution is 14.1. The van der Waals surface area contributed by atoms with Crippen molar-refractivity contribution < 1.29 is 4.52 Å². The molecule has 0 saturated heterocycles. The summed E-state index contributed by atoms with van der Waals surface area (Å²) in [6, 6.07) is 8.25. The lowest BCUT2D eigenvalue weighted by molar-refractivity contribution is 0.457. The summed E-state index contributed by atoms with van der Waals surface area (Å²) in [4.78, 5) is 0. The highest BCUT2D eigenvalue weighted by atomic mass is 127. The summed E-state index contributed by atoms with van der Waals surface area (Å²) < 4.78 is 11.4. The highest BCUT2D eigenvalue weighted by Crippen LogP contribution is 2.33. The minimum absolute atomic E-state index is 0.793. The molecule has 3 nitrogen and oxygen atoms in total. The fourth-order valence-corrected chi connectivity index (χ4v) is 3.08. The van der Waals surface area contributed by atoms with Crippen LogP contribution in [0.4, 0.5) is 0 Å². The van der Waals surface area contributed by atoms with Gasteiger partial charge in [0.15, 0.2) is 3.70 Å². The summed E-state index contributed by atoms with van der Waals surface area (Å²) >= 11 is 3.59. The summed E-state index contributed by atoms with van der Waals surface area (Å²) in [5, 5.41) is 4.11. The Morgan fingerprint density at radius 3 is 2.75 bits per heavy atom. The molecule has 2 aromatic heterocycles. The van der Waals surface area contributed by atoms with Gasteiger partial charge in [0.05, 0.1) is 0 Å². The quantitative estimate of drug-likeness (QED) is 0.631. The van der Waals surface area contributed by atoms with E-state index in [9.17, 15) is 0 Å². The highest BCUT2D eigenvalue weighted by Gasteiger charge is 2.15. The van der Waals surface area contributed by atoms with Gasteiger partial charge in [0, 0.05) is 5.56 Å². The third kappa shape index (κ3) is 1.54. The first-order valence-electron chi connectivity index (χ1n) is 4.73. The number of aryl methyl sites for hydroxylation is 1. The Bertz CT molecular complexity index is 642. The predicted molar refractivity (Wildman–Crippen MR) is 72.6 cm³/mol. The van der Waals surface area contributed by atoms with Crippen LogP contribution in [0.2, 0.25) is 0 Å². The van der Waals surface area contributed by atoms with E-state index >= 15 is 0 Å². The third-order valence-corrected chi connectivity index (χ3v) is 4.27. The summed E-state index contributed by atoms with van der Waals surface area (Å²) in [5.41, 5.74) is 3.99. The summed E-state index contributed by atoms with van der Waals surface area (Å²) in [7, 11) is 0. The van der Waals surface area contributed by atoms with Crippen molar-refractivity contribution in [3.05, 3.63) is 33.5 Å². The first kappa shape index (κ1) is 10.2. The third-order valence-electron chi connectivity index (χ3n) is 2.38. The van der Waals surface area contributed by atoms with Gasteiger partial charge in [-0.1, -0.05) is 35.0 Å². The molecule has 0 N–H and O–H groups in total. The molecule has 0 atom stereocenters. The molecule has 2 heterocycles. The predicted octanol–water partition coefficient (Wildman–Crippen LogP) is 3.86. The monoisotopic (exact) mass is 342 g/mol. The maximum absolute atomic E-state index is 5.29. The molecule has 80 valence electrons. The van der Waals surface area contributed by atoms with Gasteiger partial charge in [-0.25, -0.2) is 0 Å². The summed E-state index contributed by atoms with van der Waals surface area (Å²) in [5.74, 6) is 0. The molecule has 0 radical (unpaired) electrons. The van der Waals surface area contributed by atoms with Crippen LogP contribution in [-0.4, -0.2) is 9.53 Å².